The van der Waals surface area contributed by atoms with Crippen molar-refractivity contribution in [3.05, 3.63) is 231 Å². The van der Waals surface area contributed by atoms with Gasteiger partial charge in [-0.2, -0.15) is 0 Å². The van der Waals surface area contributed by atoms with Crippen LogP contribution in [0.25, 0.3) is 143 Å². The van der Waals surface area contributed by atoms with Gasteiger partial charge in [-0.05, 0) is 112 Å². The molecule has 0 aliphatic carbocycles. The largest absolute Gasteiger partial charge is 0.455 e. The maximum absolute atomic E-state index is 6.81. The average Bonchev–Trinajstić information content (AvgIpc) is 3.97. The van der Waals surface area contributed by atoms with E-state index >= 15 is 0 Å². The maximum Gasteiger partial charge on any atom is 0.143 e. The topological polar surface area (TPSA) is 26.3 Å². The van der Waals surface area contributed by atoms with E-state index in [0.717, 1.165) is 66.8 Å². The van der Waals surface area contributed by atoms with E-state index in [2.05, 4.69) is 231 Å². The van der Waals surface area contributed by atoms with Crippen LogP contribution in [-0.4, -0.2) is 0 Å². The Balaban J connectivity index is 0.917. The van der Waals surface area contributed by atoms with Gasteiger partial charge in [0.15, 0.2) is 0 Å². The molecule has 0 aliphatic heterocycles. The van der Waals surface area contributed by atoms with E-state index in [4.69, 9.17) is 8.83 Å². The Morgan fingerprint density at radius 3 is 1.09 bits per heavy atom. The van der Waals surface area contributed by atoms with Crippen LogP contribution in [0, 0.1) is 0 Å². The third-order valence-electron chi connectivity index (χ3n) is 13.8. The molecule has 0 amide bonds. The van der Waals surface area contributed by atoms with Crippen LogP contribution < -0.4 is 0 Å². The minimum absolute atomic E-state index is 0.880. The average molecular weight is 839 g/mol. The molecular weight excluding hydrogens is 801 g/mol. The summed E-state index contributed by atoms with van der Waals surface area (Å²) in [5.74, 6) is 1.76. The molecule has 0 fully saturated rings. The van der Waals surface area contributed by atoms with Gasteiger partial charge in [-0.3, -0.25) is 0 Å². The molecule has 14 aromatic rings. The van der Waals surface area contributed by atoms with E-state index in [1.54, 1.807) is 0 Å². The molecule has 0 atom stereocenters. The molecule has 0 aliphatic rings. The van der Waals surface area contributed by atoms with Crippen LogP contribution in [0.5, 0.6) is 0 Å². The van der Waals surface area contributed by atoms with Crippen LogP contribution in [0.4, 0.5) is 0 Å². The van der Waals surface area contributed by atoms with Gasteiger partial charge in [0.1, 0.15) is 22.7 Å². The van der Waals surface area contributed by atoms with Gasteiger partial charge < -0.3 is 8.83 Å². The molecule has 0 saturated heterocycles. The SMILES string of the molecule is c1cc(-c2oc3ccccc3c2-c2cccc3ccccc23)cc(-c2ccc3ccc4c(-c5cccc(-c6oc7ccccc7c6-c6cccc7ccccc67)c5)ccc5ccc2c3c54)c1. The van der Waals surface area contributed by atoms with E-state index < -0.39 is 0 Å². The van der Waals surface area contributed by atoms with Crippen molar-refractivity contribution >= 4 is 75.8 Å². The summed E-state index contributed by atoms with van der Waals surface area (Å²) in [4.78, 5) is 0. The molecular formula is C64H38O2. The Labute approximate surface area is 380 Å². The van der Waals surface area contributed by atoms with Crippen molar-refractivity contribution in [2.75, 3.05) is 0 Å². The van der Waals surface area contributed by atoms with Crippen LogP contribution in [0.1, 0.15) is 0 Å². The quantitative estimate of drug-likeness (QED) is 0.156. The second kappa shape index (κ2) is 14.4. The molecule has 0 spiro atoms. The summed E-state index contributed by atoms with van der Waals surface area (Å²) in [6.45, 7) is 0. The summed E-state index contributed by atoms with van der Waals surface area (Å²) in [6, 6.07) is 83.3. The fourth-order valence-corrected chi connectivity index (χ4v) is 10.9. The number of para-hydroxylation sites is 2. The van der Waals surface area contributed by atoms with Crippen molar-refractivity contribution in [1.82, 2.24) is 0 Å². The lowest BCUT2D eigenvalue weighted by Crippen LogP contribution is -1.90. The first kappa shape index (κ1) is 36.7. The first-order valence-corrected chi connectivity index (χ1v) is 22.6. The highest BCUT2D eigenvalue weighted by Crippen LogP contribution is 2.48. The highest BCUT2D eigenvalue weighted by Gasteiger charge is 2.23. The smallest absolute Gasteiger partial charge is 0.143 e. The molecule has 2 heterocycles. The van der Waals surface area contributed by atoms with E-state index in [1.807, 2.05) is 0 Å². The van der Waals surface area contributed by atoms with Gasteiger partial charge in [0, 0.05) is 33.0 Å². The van der Waals surface area contributed by atoms with E-state index in [9.17, 15) is 0 Å². The third kappa shape index (κ3) is 5.55. The number of furan rings is 2. The minimum atomic E-state index is 0.880. The predicted molar refractivity (Wildman–Crippen MR) is 277 cm³/mol. The Morgan fingerprint density at radius 1 is 0.227 bits per heavy atom. The van der Waals surface area contributed by atoms with Gasteiger partial charge in [-0.1, -0.05) is 206 Å². The number of benzene rings is 12. The van der Waals surface area contributed by atoms with Gasteiger partial charge in [-0.15, -0.1) is 0 Å². The Bertz CT molecular complexity index is 3950. The van der Waals surface area contributed by atoms with E-state index in [1.165, 1.54) is 76.1 Å². The van der Waals surface area contributed by atoms with Crippen molar-refractivity contribution in [3.63, 3.8) is 0 Å². The standard InChI is InChI=1S/C64H38O2/c1-3-21-47-39(13-1)15-11-25-51(47)61-55-23-5-7-27-57(55)65-63(61)45-19-9-17-43(37-45)49-33-29-41-32-36-54-50(34-30-42-31-35-53(49)59(41)60(42)54)44-18-10-20-46(38-44)64-62(56-24-6-8-28-58(56)66-64)52-26-12-16-40-14-2-4-22-48(40)52/h1-38H. The van der Waals surface area contributed by atoms with E-state index in [0.29, 0.717) is 0 Å². The van der Waals surface area contributed by atoms with Crippen LogP contribution in [-0.2, 0) is 0 Å². The summed E-state index contributed by atoms with van der Waals surface area (Å²) < 4.78 is 13.6. The molecule has 0 unspecified atom stereocenters. The second-order valence-electron chi connectivity index (χ2n) is 17.5. The summed E-state index contributed by atoms with van der Waals surface area (Å²) in [5, 5.41) is 14.5. The van der Waals surface area contributed by atoms with Crippen molar-refractivity contribution < 1.29 is 8.83 Å². The lowest BCUT2D eigenvalue weighted by Gasteiger charge is -2.17. The molecule has 66 heavy (non-hydrogen) atoms. The van der Waals surface area contributed by atoms with Crippen LogP contribution in [0.3, 0.4) is 0 Å². The zero-order chi connectivity index (χ0) is 43.3. The fourth-order valence-electron chi connectivity index (χ4n) is 10.9. The van der Waals surface area contributed by atoms with Crippen molar-refractivity contribution in [1.29, 1.82) is 0 Å². The summed E-state index contributed by atoms with van der Waals surface area (Å²) in [5.41, 5.74) is 13.1. The number of rotatable bonds is 6. The highest BCUT2D eigenvalue weighted by atomic mass is 16.3. The first-order chi connectivity index (χ1) is 32.7. The molecule has 0 bridgehead atoms. The first-order valence-electron chi connectivity index (χ1n) is 22.6. The van der Waals surface area contributed by atoms with Crippen molar-refractivity contribution in [2.45, 2.75) is 0 Å². The molecule has 14 rings (SSSR count). The Morgan fingerprint density at radius 2 is 0.606 bits per heavy atom. The zero-order valence-electron chi connectivity index (χ0n) is 35.8. The lowest BCUT2D eigenvalue weighted by molar-refractivity contribution is 0.632. The third-order valence-corrected chi connectivity index (χ3v) is 13.8. The number of fused-ring (bicyclic) bond motifs is 4. The number of hydrogen-bond donors (Lipinski definition) is 0. The van der Waals surface area contributed by atoms with Crippen molar-refractivity contribution in [2.24, 2.45) is 0 Å². The minimum Gasteiger partial charge on any atom is -0.455 e. The second-order valence-corrected chi connectivity index (χ2v) is 17.5. The molecule has 2 aromatic heterocycles. The normalized spacial score (nSPS) is 11.9. The Hall–Kier alpha value is -8.72. The molecule has 2 heteroatoms. The monoisotopic (exact) mass is 838 g/mol. The molecule has 2 nitrogen and oxygen atoms in total. The van der Waals surface area contributed by atoms with Gasteiger partial charge in [-0.25, -0.2) is 0 Å². The van der Waals surface area contributed by atoms with Gasteiger partial charge in [0.05, 0.1) is 0 Å². The molecule has 12 aromatic carbocycles. The molecule has 306 valence electrons. The molecule has 0 N–H and O–H groups in total. The van der Waals surface area contributed by atoms with Gasteiger partial charge in [0.2, 0.25) is 0 Å². The summed E-state index contributed by atoms with van der Waals surface area (Å²) >= 11 is 0. The maximum atomic E-state index is 6.81. The van der Waals surface area contributed by atoms with Crippen LogP contribution in [0.2, 0.25) is 0 Å². The van der Waals surface area contributed by atoms with Gasteiger partial charge in [0.25, 0.3) is 0 Å². The predicted octanol–water partition coefficient (Wildman–Crippen LogP) is 18.4. The van der Waals surface area contributed by atoms with Gasteiger partial charge >= 0.3 is 0 Å². The summed E-state index contributed by atoms with van der Waals surface area (Å²) in [6.07, 6.45) is 0. The highest BCUT2D eigenvalue weighted by molar-refractivity contribution is 6.28. The zero-order valence-corrected chi connectivity index (χ0v) is 35.8. The fraction of sp³-hybridized carbons (Fsp3) is 0. The van der Waals surface area contributed by atoms with Crippen molar-refractivity contribution in [3.8, 4) is 67.2 Å². The number of hydrogen-bond acceptors (Lipinski definition) is 2. The van der Waals surface area contributed by atoms with Crippen LogP contribution >= 0.6 is 0 Å². The lowest BCUT2D eigenvalue weighted by atomic mass is 9.86. The Kier molecular flexibility index (Phi) is 8.02. The van der Waals surface area contributed by atoms with E-state index in [-0.39, 0.29) is 0 Å². The molecule has 0 radical (unpaired) electrons. The van der Waals surface area contributed by atoms with Crippen LogP contribution in [0.15, 0.2) is 239 Å². The molecule has 0 saturated carbocycles. The summed E-state index contributed by atoms with van der Waals surface area (Å²) in [7, 11) is 0.